The Morgan fingerprint density at radius 3 is 2.75 bits per heavy atom. The van der Waals surface area contributed by atoms with Crippen LogP contribution in [0, 0.1) is 0 Å². The first kappa shape index (κ1) is 14.8. The molecule has 1 aliphatic rings. The molecular weight excluding hydrogens is 282 g/mol. The van der Waals surface area contributed by atoms with E-state index >= 15 is 0 Å². The van der Waals surface area contributed by atoms with Gasteiger partial charge in [0.15, 0.2) is 0 Å². The van der Waals surface area contributed by atoms with Crippen LogP contribution in [0.5, 0.6) is 11.8 Å². The topological polar surface area (TPSA) is 64.6 Å². The van der Waals surface area contributed by atoms with Crippen LogP contribution in [-0.4, -0.2) is 52.7 Å². The molecule has 1 saturated heterocycles. The summed E-state index contributed by atoms with van der Waals surface area (Å²) >= 11 is 5.83. The van der Waals surface area contributed by atoms with Gasteiger partial charge in [-0.3, -0.25) is 4.79 Å². The minimum atomic E-state index is -0.505. The maximum Gasteiger partial charge on any atom is 0.240 e. The maximum absolute atomic E-state index is 11.9. The number of ether oxygens (including phenoxy) is 2. The van der Waals surface area contributed by atoms with Crippen LogP contribution in [-0.2, 0) is 4.79 Å². The molecule has 1 aromatic rings. The van der Waals surface area contributed by atoms with E-state index in [4.69, 9.17) is 21.1 Å². The number of halogens is 1. The lowest BCUT2D eigenvalue weighted by Crippen LogP contribution is -2.46. The van der Waals surface area contributed by atoms with E-state index in [9.17, 15) is 4.79 Å². The average Bonchev–Trinajstić information content (AvgIpc) is 2.47. The van der Waals surface area contributed by atoms with Crippen molar-refractivity contribution in [2.45, 2.75) is 31.2 Å². The van der Waals surface area contributed by atoms with Crippen molar-refractivity contribution in [3.05, 3.63) is 12.1 Å². The molecular formula is C13H18ClN3O3. The number of rotatable bonds is 4. The molecule has 2 heterocycles. The van der Waals surface area contributed by atoms with E-state index in [-0.39, 0.29) is 12.0 Å². The van der Waals surface area contributed by atoms with Gasteiger partial charge in [-0.2, -0.15) is 0 Å². The summed E-state index contributed by atoms with van der Waals surface area (Å²) in [5.41, 5.74) is 0. The van der Waals surface area contributed by atoms with Crippen LogP contribution in [0.3, 0.4) is 0 Å². The van der Waals surface area contributed by atoms with Gasteiger partial charge in [0.25, 0.3) is 0 Å². The van der Waals surface area contributed by atoms with Crippen molar-refractivity contribution < 1.29 is 14.3 Å². The average molecular weight is 300 g/mol. The van der Waals surface area contributed by atoms with E-state index in [1.54, 1.807) is 24.0 Å². The normalized spacial score (nSPS) is 20.4. The number of aromatic nitrogens is 2. The fourth-order valence-electron chi connectivity index (χ4n) is 2.14. The Hall–Kier alpha value is -1.56. The second-order valence-electron chi connectivity index (χ2n) is 4.70. The Kier molecular flexibility index (Phi) is 5.00. The summed E-state index contributed by atoms with van der Waals surface area (Å²) in [6.45, 7) is 2.94. The minimum Gasteiger partial charge on any atom is -0.480 e. The SMILES string of the molecule is COc1ccc(OC2CCCN(C(=O)C(C)Cl)C2)nn1. The van der Waals surface area contributed by atoms with Gasteiger partial charge >= 0.3 is 0 Å². The molecule has 1 fully saturated rings. The number of nitrogens with zero attached hydrogens (tertiary/aromatic N) is 3. The Balaban J connectivity index is 1.93. The molecule has 7 heteroatoms. The molecule has 0 aliphatic carbocycles. The summed E-state index contributed by atoms with van der Waals surface area (Å²) in [5.74, 6) is 0.818. The van der Waals surface area contributed by atoms with Crippen LogP contribution in [0.2, 0.25) is 0 Å². The Morgan fingerprint density at radius 2 is 2.15 bits per heavy atom. The van der Waals surface area contributed by atoms with E-state index in [1.165, 1.54) is 7.11 Å². The highest BCUT2D eigenvalue weighted by Crippen LogP contribution is 2.18. The second-order valence-corrected chi connectivity index (χ2v) is 5.35. The number of carbonyl (C=O) groups is 1. The fourth-order valence-corrected chi connectivity index (χ4v) is 2.27. The Morgan fingerprint density at radius 1 is 1.45 bits per heavy atom. The van der Waals surface area contributed by atoms with Crippen LogP contribution in [0.15, 0.2) is 12.1 Å². The Labute approximate surface area is 123 Å². The fraction of sp³-hybridized carbons (Fsp3) is 0.615. The molecule has 2 rings (SSSR count). The van der Waals surface area contributed by atoms with Crippen LogP contribution in [0.4, 0.5) is 0 Å². The molecule has 6 nitrogen and oxygen atoms in total. The van der Waals surface area contributed by atoms with Crippen LogP contribution < -0.4 is 9.47 Å². The van der Waals surface area contributed by atoms with Gasteiger partial charge < -0.3 is 14.4 Å². The molecule has 2 unspecified atom stereocenters. The highest BCUT2D eigenvalue weighted by Gasteiger charge is 2.27. The van der Waals surface area contributed by atoms with Gasteiger partial charge in [0.05, 0.1) is 13.7 Å². The number of hydrogen-bond acceptors (Lipinski definition) is 5. The lowest BCUT2D eigenvalue weighted by molar-refractivity contribution is -0.133. The lowest BCUT2D eigenvalue weighted by Gasteiger charge is -2.33. The van der Waals surface area contributed by atoms with Gasteiger partial charge in [-0.25, -0.2) is 0 Å². The van der Waals surface area contributed by atoms with Gasteiger partial charge in [-0.15, -0.1) is 21.8 Å². The lowest BCUT2D eigenvalue weighted by atomic mass is 10.1. The van der Waals surface area contributed by atoms with Crippen molar-refractivity contribution in [1.82, 2.24) is 15.1 Å². The molecule has 2 atom stereocenters. The summed E-state index contributed by atoms with van der Waals surface area (Å²) in [6.07, 6.45) is 1.70. The van der Waals surface area contributed by atoms with Crippen LogP contribution >= 0.6 is 11.6 Å². The quantitative estimate of drug-likeness (QED) is 0.788. The van der Waals surface area contributed by atoms with Crippen molar-refractivity contribution >= 4 is 17.5 Å². The van der Waals surface area contributed by atoms with Crippen molar-refractivity contribution in [1.29, 1.82) is 0 Å². The molecule has 0 spiro atoms. The highest BCUT2D eigenvalue weighted by atomic mass is 35.5. The monoisotopic (exact) mass is 299 g/mol. The first-order valence-corrected chi connectivity index (χ1v) is 7.01. The third-order valence-corrected chi connectivity index (χ3v) is 3.33. The Bertz CT molecular complexity index is 453. The van der Waals surface area contributed by atoms with E-state index in [0.29, 0.717) is 18.3 Å². The summed E-state index contributed by atoms with van der Waals surface area (Å²) in [7, 11) is 1.53. The first-order valence-electron chi connectivity index (χ1n) is 6.57. The predicted molar refractivity (Wildman–Crippen MR) is 74.1 cm³/mol. The van der Waals surface area contributed by atoms with Crippen molar-refractivity contribution in [3.8, 4) is 11.8 Å². The second kappa shape index (κ2) is 6.74. The largest absolute Gasteiger partial charge is 0.480 e. The number of likely N-dealkylation sites (tertiary alicyclic amines) is 1. The minimum absolute atomic E-state index is 0.0548. The van der Waals surface area contributed by atoms with Crippen molar-refractivity contribution in [3.63, 3.8) is 0 Å². The molecule has 1 aromatic heterocycles. The summed E-state index contributed by atoms with van der Waals surface area (Å²) in [4.78, 5) is 13.6. The smallest absolute Gasteiger partial charge is 0.240 e. The zero-order valence-corrected chi connectivity index (χ0v) is 12.3. The molecule has 0 saturated carbocycles. The number of piperidine rings is 1. The summed E-state index contributed by atoms with van der Waals surface area (Å²) in [6, 6.07) is 3.39. The van der Waals surface area contributed by atoms with E-state index in [2.05, 4.69) is 10.2 Å². The molecule has 0 aromatic carbocycles. The van der Waals surface area contributed by atoms with Crippen LogP contribution in [0.25, 0.3) is 0 Å². The first-order chi connectivity index (χ1) is 9.60. The van der Waals surface area contributed by atoms with E-state index < -0.39 is 5.38 Å². The molecule has 1 aliphatic heterocycles. The van der Waals surface area contributed by atoms with Crippen LogP contribution in [0.1, 0.15) is 19.8 Å². The number of hydrogen-bond donors (Lipinski definition) is 0. The van der Waals surface area contributed by atoms with Gasteiger partial charge in [0, 0.05) is 18.7 Å². The van der Waals surface area contributed by atoms with E-state index in [1.807, 2.05) is 0 Å². The molecule has 20 heavy (non-hydrogen) atoms. The van der Waals surface area contributed by atoms with Gasteiger partial charge in [0.2, 0.25) is 17.7 Å². The predicted octanol–water partition coefficient (Wildman–Crippen LogP) is 1.48. The van der Waals surface area contributed by atoms with Crippen molar-refractivity contribution in [2.75, 3.05) is 20.2 Å². The number of alkyl halides is 1. The number of amides is 1. The summed E-state index contributed by atoms with van der Waals surface area (Å²) in [5, 5.41) is 7.26. The molecule has 110 valence electrons. The summed E-state index contributed by atoms with van der Waals surface area (Å²) < 4.78 is 10.7. The third-order valence-electron chi connectivity index (χ3n) is 3.14. The zero-order chi connectivity index (χ0) is 14.5. The van der Waals surface area contributed by atoms with Gasteiger partial charge in [0.1, 0.15) is 11.5 Å². The molecule has 0 N–H and O–H groups in total. The van der Waals surface area contributed by atoms with E-state index in [0.717, 1.165) is 19.4 Å². The number of carbonyl (C=O) groups excluding carboxylic acids is 1. The molecule has 1 amide bonds. The third kappa shape index (κ3) is 3.72. The molecule has 0 bridgehead atoms. The van der Waals surface area contributed by atoms with Gasteiger partial charge in [-0.1, -0.05) is 0 Å². The number of methoxy groups -OCH3 is 1. The van der Waals surface area contributed by atoms with Gasteiger partial charge in [-0.05, 0) is 19.8 Å². The highest BCUT2D eigenvalue weighted by molar-refractivity contribution is 6.30. The standard InChI is InChI=1S/C13H18ClN3O3/c1-9(14)13(18)17-7-3-4-10(8-17)20-12-6-5-11(19-2)15-16-12/h5-6,9-10H,3-4,7-8H2,1-2H3. The molecule has 0 radical (unpaired) electrons. The maximum atomic E-state index is 11.9. The zero-order valence-electron chi connectivity index (χ0n) is 11.6. The van der Waals surface area contributed by atoms with Crippen molar-refractivity contribution in [2.24, 2.45) is 0 Å².